The summed E-state index contributed by atoms with van der Waals surface area (Å²) in [5.41, 5.74) is 3.60. The van der Waals surface area contributed by atoms with Crippen molar-refractivity contribution in [3.05, 3.63) is 70.9 Å². The van der Waals surface area contributed by atoms with Crippen molar-refractivity contribution < 1.29 is 14.3 Å². The minimum absolute atomic E-state index is 0.242. The van der Waals surface area contributed by atoms with Gasteiger partial charge < -0.3 is 14.8 Å². The highest BCUT2D eigenvalue weighted by molar-refractivity contribution is 6.30. The van der Waals surface area contributed by atoms with Crippen molar-refractivity contribution in [1.29, 1.82) is 0 Å². The van der Waals surface area contributed by atoms with Gasteiger partial charge in [-0.1, -0.05) is 35.9 Å². The molecule has 0 saturated heterocycles. The van der Waals surface area contributed by atoms with Gasteiger partial charge in [0.2, 0.25) is 0 Å². The van der Waals surface area contributed by atoms with Crippen LogP contribution in [0, 0.1) is 0 Å². The average Bonchev–Trinajstić information content (AvgIpc) is 3.19. The highest BCUT2D eigenvalue weighted by Crippen LogP contribution is 2.24. The van der Waals surface area contributed by atoms with Crippen molar-refractivity contribution in [2.45, 2.75) is 13.5 Å². The SMILES string of the molecule is CCOCCOCc1cccc(NC(=O)c2cn[nH]c2-c2ccc(Cl)cc2)c1. The molecule has 3 aromatic rings. The summed E-state index contributed by atoms with van der Waals surface area (Å²) in [6, 6.07) is 14.8. The normalized spacial score (nSPS) is 10.8. The molecule has 3 rings (SSSR count). The first-order chi connectivity index (χ1) is 13.7. The maximum absolute atomic E-state index is 12.7. The molecular weight excluding hydrogens is 378 g/mol. The van der Waals surface area contributed by atoms with Crippen molar-refractivity contribution in [3.8, 4) is 11.3 Å². The third-order valence-electron chi connectivity index (χ3n) is 4.05. The Labute approximate surface area is 168 Å². The molecule has 0 fully saturated rings. The molecule has 0 bridgehead atoms. The van der Waals surface area contributed by atoms with E-state index in [0.717, 1.165) is 11.1 Å². The third kappa shape index (κ3) is 5.42. The second-order valence-electron chi connectivity index (χ2n) is 6.07. The van der Waals surface area contributed by atoms with Gasteiger partial charge in [0.15, 0.2) is 0 Å². The molecule has 1 heterocycles. The number of H-pyrrole nitrogens is 1. The van der Waals surface area contributed by atoms with E-state index in [1.54, 1.807) is 12.1 Å². The fourth-order valence-electron chi connectivity index (χ4n) is 2.68. The van der Waals surface area contributed by atoms with Gasteiger partial charge in [0.25, 0.3) is 5.91 Å². The van der Waals surface area contributed by atoms with E-state index in [4.69, 9.17) is 21.1 Å². The molecular formula is C21H22ClN3O3. The van der Waals surface area contributed by atoms with E-state index in [2.05, 4.69) is 15.5 Å². The molecule has 1 amide bonds. The maximum Gasteiger partial charge on any atom is 0.259 e. The Morgan fingerprint density at radius 3 is 2.71 bits per heavy atom. The van der Waals surface area contributed by atoms with Crippen molar-refractivity contribution in [2.75, 3.05) is 25.1 Å². The lowest BCUT2D eigenvalue weighted by Crippen LogP contribution is -2.12. The molecule has 28 heavy (non-hydrogen) atoms. The topological polar surface area (TPSA) is 76.2 Å². The van der Waals surface area contributed by atoms with E-state index < -0.39 is 0 Å². The van der Waals surface area contributed by atoms with Gasteiger partial charge in [-0.3, -0.25) is 9.89 Å². The number of carbonyl (C=O) groups is 1. The minimum Gasteiger partial charge on any atom is -0.379 e. The van der Waals surface area contributed by atoms with Gasteiger partial charge in [0.05, 0.1) is 37.3 Å². The Kier molecular flexibility index (Phi) is 7.19. The monoisotopic (exact) mass is 399 g/mol. The van der Waals surface area contributed by atoms with Crippen LogP contribution in [0.1, 0.15) is 22.8 Å². The van der Waals surface area contributed by atoms with Gasteiger partial charge in [-0.25, -0.2) is 0 Å². The zero-order valence-electron chi connectivity index (χ0n) is 15.6. The Morgan fingerprint density at radius 2 is 1.93 bits per heavy atom. The van der Waals surface area contributed by atoms with Gasteiger partial charge in [-0.05, 0) is 36.8 Å². The predicted molar refractivity (Wildman–Crippen MR) is 110 cm³/mol. The molecule has 0 atom stereocenters. The molecule has 0 aliphatic heterocycles. The van der Waals surface area contributed by atoms with Crippen LogP contribution in [0.2, 0.25) is 5.02 Å². The Morgan fingerprint density at radius 1 is 1.14 bits per heavy atom. The number of amides is 1. The van der Waals surface area contributed by atoms with Gasteiger partial charge >= 0.3 is 0 Å². The Balaban J connectivity index is 1.65. The largest absolute Gasteiger partial charge is 0.379 e. The zero-order valence-corrected chi connectivity index (χ0v) is 16.3. The standard InChI is InChI=1S/C21H22ClN3O3/c1-2-27-10-11-28-14-15-4-3-5-18(12-15)24-21(26)19-13-23-25-20(19)16-6-8-17(22)9-7-16/h3-9,12-13H,2,10-11,14H2,1H3,(H,23,25)(H,24,26). The Bertz CT molecular complexity index is 909. The molecule has 1 aromatic heterocycles. The number of nitrogens with one attached hydrogen (secondary N) is 2. The van der Waals surface area contributed by atoms with Crippen LogP contribution in [-0.2, 0) is 16.1 Å². The molecule has 0 saturated carbocycles. The van der Waals surface area contributed by atoms with E-state index in [1.165, 1.54) is 6.20 Å². The number of carbonyl (C=O) groups excluding carboxylic acids is 1. The minimum atomic E-state index is -0.242. The van der Waals surface area contributed by atoms with Gasteiger partial charge in [0.1, 0.15) is 0 Å². The van der Waals surface area contributed by atoms with Crippen molar-refractivity contribution in [2.24, 2.45) is 0 Å². The highest BCUT2D eigenvalue weighted by atomic mass is 35.5. The number of anilines is 1. The van der Waals surface area contributed by atoms with Gasteiger partial charge in [-0.15, -0.1) is 0 Å². The lowest BCUT2D eigenvalue weighted by Gasteiger charge is -2.09. The highest BCUT2D eigenvalue weighted by Gasteiger charge is 2.15. The molecule has 0 radical (unpaired) electrons. The maximum atomic E-state index is 12.7. The van der Waals surface area contributed by atoms with Crippen molar-refractivity contribution in [1.82, 2.24) is 10.2 Å². The van der Waals surface area contributed by atoms with Crippen LogP contribution in [0.4, 0.5) is 5.69 Å². The average molecular weight is 400 g/mol. The summed E-state index contributed by atoms with van der Waals surface area (Å²) in [5.74, 6) is -0.242. The number of halogens is 1. The summed E-state index contributed by atoms with van der Waals surface area (Å²) in [5, 5.41) is 10.4. The smallest absolute Gasteiger partial charge is 0.259 e. The third-order valence-corrected chi connectivity index (χ3v) is 4.30. The number of hydrogen-bond donors (Lipinski definition) is 2. The van der Waals surface area contributed by atoms with Crippen molar-refractivity contribution >= 4 is 23.2 Å². The zero-order chi connectivity index (χ0) is 19.8. The predicted octanol–water partition coefficient (Wildman–Crippen LogP) is 4.54. The second kappa shape index (κ2) is 10.0. The quantitative estimate of drug-likeness (QED) is 0.518. The fourth-order valence-corrected chi connectivity index (χ4v) is 2.81. The molecule has 146 valence electrons. The summed E-state index contributed by atoms with van der Waals surface area (Å²) >= 11 is 5.94. The summed E-state index contributed by atoms with van der Waals surface area (Å²) in [4.78, 5) is 12.7. The van der Waals surface area contributed by atoms with Gasteiger partial charge in [0, 0.05) is 22.9 Å². The second-order valence-corrected chi connectivity index (χ2v) is 6.51. The fraction of sp³-hybridized carbons (Fsp3) is 0.238. The van der Waals surface area contributed by atoms with E-state index >= 15 is 0 Å². The molecule has 0 aliphatic carbocycles. The van der Waals surface area contributed by atoms with E-state index in [1.807, 2.05) is 43.3 Å². The van der Waals surface area contributed by atoms with Crippen LogP contribution in [-0.4, -0.2) is 35.9 Å². The van der Waals surface area contributed by atoms with Gasteiger partial charge in [-0.2, -0.15) is 5.10 Å². The summed E-state index contributed by atoms with van der Waals surface area (Å²) < 4.78 is 10.8. The number of hydrogen-bond acceptors (Lipinski definition) is 4. The number of nitrogens with zero attached hydrogens (tertiary/aromatic N) is 1. The lowest BCUT2D eigenvalue weighted by molar-refractivity contribution is 0.0453. The molecule has 7 heteroatoms. The van der Waals surface area contributed by atoms with E-state index in [-0.39, 0.29) is 5.91 Å². The van der Waals surface area contributed by atoms with Crippen LogP contribution in [0.25, 0.3) is 11.3 Å². The summed E-state index contributed by atoms with van der Waals surface area (Å²) in [7, 11) is 0. The van der Waals surface area contributed by atoms with Crippen LogP contribution in [0.15, 0.2) is 54.7 Å². The first-order valence-corrected chi connectivity index (χ1v) is 9.40. The molecule has 6 nitrogen and oxygen atoms in total. The number of benzene rings is 2. The number of rotatable bonds is 9. The van der Waals surface area contributed by atoms with Crippen LogP contribution in [0.3, 0.4) is 0 Å². The van der Waals surface area contributed by atoms with E-state index in [9.17, 15) is 4.79 Å². The molecule has 0 unspecified atom stereocenters. The first kappa shape index (κ1) is 20.1. The first-order valence-electron chi connectivity index (χ1n) is 9.02. The van der Waals surface area contributed by atoms with Crippen LogP contribution in [0.5, 0.6) is 0 Å². The van der Waals surface area contributed by atoms with E-state index in [0.29, 0.717) is 48.4 Å². The molecule has 0 spiro atoms. The Hall–Kier alpha value is -2.67. The number of aromatic amines is 1. The molecule has 2 aromatic carbocycles. The van der Waals surface area contributed by atoms with Crippen LogP contribution < -0.4 is 5.32 Å². The molecule has 2 N–H and O–H groups in total. The summed E-state index contributed by atoms with van der Waals surface area (Å²) in [6.45, 7) is 4.19. The van der Waals surface area contributed by atoms with Crippen molar-refractivity contribution in [3.63, 3.8) is 0 Å². The summed E-state index contributed by atoms with van der Waals surface area (Å²) in [6.07, 6.45) is 1.51. The van der Waals surface area contributed by atoms with Crippen LogP contribution >= 0.6 is 11.6 Å². The number of aromatic nitrogens is 2. The number of ether oxygens (including phenoxy) is 2. The lowest BCUT2D eigenvalue weighted by atomic mass is 10.1. The molecule has 0 aliphatic rings.